The first-order valence-electron chi connectivity index (χ1n) is 6.53. The lowest BCUT2D eigenvalue weighted by atomic mass is 10.2. The van der Waals surface area contributed by atoms with E-state index in [2.05, 4.69) is 32.7 Å². The van der Waals surface area contributed by atoms with Gasteiger partial charge in [0.05, 0.1) is 0 Å². The van der Waals surface area contributed by atoms with Gasteiger partial charge in [-0.1, -0.05) is 35.5 Å². The zero-order valence-electron chi connectivity index (χ0n) is 11.4. The van der Waals surface area contributed by atoms with Crippen LogP contribution < -0.4 is 4.74 Å². The summed E-state index contributed by atoms with van der Waals surface area (Å²) < 4.78 is 12.2. The number of hydrogen-bond donors (Lipinski definition) is 0. The van der Waals surface area contributed by atoms with Crippen LogP contribution >= 0.6 is 22.6 Å². The van der Waals surface area contributed by atoms with E-state index in [4.69, 9.17) is 9.26 Å². The molecule has 0 amide bonds. The van der Waals surface area contributed by atoms with Gasteiger partial charge in [-0.15, -0.1) is 0 Å². The second kappa shape index (κ2) is 6.26. The topological polar surface area (TPSA) is 48.2 Å². The molecule has 5 heteroatoms. The van der Waals surface area contributed by atoms with Gasteiger partial charge in [-0.2, -0.15) is 4.98 Å². The minimum Gasteiger partial charge on any atom is -0.481 e. The van der Waals surface area contributed by atoms with E-state index in [1.807, 2.05) is 61.5 Å². The molecule has 0 aliphatic heterocycles. The van der Waals surface area contributed by atoms with Gasteiger partial charge in [0.2, 0.25) is 5.82 Å². The summed E-state index contributed by atoms with van der Waals surface area (Å²) in [6.07, 6.45) is -0.294. The molecular weight excluding hydrogens is 379 g/mol. The third kappa shape index (κ3) is 3.41. The number of nitrogens with zero attached hydrogens (tertiary/aromatic N) is 2. The summed E-state index contributed by atoms with van der Waals surface area (Å²) in [5.41, 5.74) is 0.928. The predicted octanol–water partition coefficient (Wildman–Crippen LogP) is 4.48. The average Bonchev–Trinajstić information content (AvgIpc) is 2.99. The highest BCUT2D eigenvalue weighted by Crippen LogP contribution is 2.23. The number of hydrogen-bond acceptors (Lipinski definition) is 4. The minimum atomic E-state index is -0.294. The van der Waals surface area contributed by atoms with Crippen LogP contribution in [0.4, 0.5) is 0 Å². The largest absolute Gasteiger partial charge is 0.481 e. The smallest absolute Gasteiger partial charge is 0.267 e. The van der Waals surface area contributed by atoms with Crippen LogP contribution in [0.15, 0.2) is 59.1 Å². The summed E-state index contributed by atoms with van der Waals surface area (Å²) >= 11 is 2.26. The fourth-order valence-corrected chi connectivity index (χ4v) is 2.23. The maximum absolute atomic E-state index is 5.77. The molecule has 0 aliphatic carbocycles. The molecule has 106 valence electrons. The van der Waals surface area contributed by atoms with Gasteiger partial charge in [-0.3, -0.25) is 0 Å². The fraction of sp³-hybridized carbons (Fsp3) is 0.125. The number of aromatic nitrogens is 2. The number of rotatable bonds is 4. The summed E-state index contributed by atoms with van der Waals surface area (Å²) in [7, 11) is 0. The van der Waals surface area contributed by atoms with Crippen molar-refractivity contribution in [2.45, 2.75) is 13.0 Å². The van der Waals surface area contributed by atoms with Crippen molar-refractivity contribution in [1.29, 1.82) is 0 Å². The molecule has 1 atom stereocenters. The third-order valence-electron chi connectivity index (χ3n) is 2.95. The molecule has 2 aromatic carbocycles. The molecular formula is C16H13IN2O2. The van der Waals surface area contributed by atoms with Crippen LogP contribution in [0.5, 0.6) is 5.75 Å². The highest BCUT2D eigenvalue weighted by atomic mass is 127. The Hall–Kier alpha value is -1.89. The molecule has 0 saturated heterocycles. The first-order chi connectivity index (χ1) is 10.2. The predicted molar refractivity (Wildman–Crippen MR) is 87.9 cm³/mol. The van der Waals surface area contributed by atoms with Crippen LogP contribution in [0.1, 0.15) is 18.9 Å². The Morgan fingerprint density at radius 1 is 1.05 bits per heavy atom. The van der Waals surface area contributed by atoms with Crippen molar-refractivity contribution in [3.8, 4) is 17.1 Å². The SMILES string of the molecule is CC(Oc1ccccc1)c1nc(-c2ccc(I)cc2)no1. The molecule has 0 saturated carbocycles. The van der Waals surface area contributed by atoms with E-state index in [1.54, 1.807) is 0 Å². The van der Waals surface area contributed by atoms with Crippen LogP contribution in [0.3, 0.4) is 0 Å². The van der Waals surface area contributed by atoms with Crippen molar-refractivity contribution >= 4 is 22.6 Å². The Balaban J connectivity index is 1.76. The van der Waals surface area contributed by atoms with Gasteiger partial charge < -0.3 is 9.26 Å². The van der Waals surface area contributed by atoms with E-state index >= 15 is 0 Å². The quantitative estimate of drug-likeness (QED) is 0.615. The van der Waals surface area contributed by atoms with Gasteiger partial charge >= 0.3 is 0 Å². The van der Waals surface area contributed by atoms with Crippen molar-refractivity contribution in [2.24, 2.45) is 0 Å². The van der Waals surface area contributed by atoms with Gasteiger partial charge in [0.25, 0.3) is 5.89 Å². The first kappa shape index (κ1) is 14.1. The molecule has 21 heavy (non-hydrogen) atoms. The summed E-state index contributed by atoms with van der Waals surface area (Å²) in [6, 6.07) is 17.5. The van der Waals surface area contributed by atoms with Crippen molar-refractivity contribution in [3.05, 3.63) is 64.1 Å². The standard InChI is InChI=1S/C16H13IN2O2/c1-11(20-14-5-3-2-4-6-14)16-18-15(19-21-16)12-7-9-13(17)10-8-12/h2-11H,1H3. The van der Waals surface area contributed by atoms with Crippen LogP contribution in [0, 0.1) is 3.57 Å². The number of halogens is 1. The Labute approximate surface area is 136 Å². The van der Waals surface area contributed by atoms with E-state index in [9.17, 15) is 0 Å². The summed E-state index contributed by atoms with van der Waals surface area (Å²) in [4.78, 5) is 4.40. The van der Waals surface area contributed by atoms with E-state index in [0.29, 0.717) is 11.7 Å². The van der Waals surface area contributed by atoms with E-state index in [-0.39, 0.29) is 6.10 Å². The molecule has 3 aromatic rings. The molecule has 0 spiro atoms. The van der Waals surface area contributed by atoms with Gasteiger partial charge in [-0.25, -0.2) is 0 Å². The first-order valence-corrected chi connectivity index (χ1v) is 7.61. The van der Waals surface area contributed by atoms with Crippen molar-refractivity contribution in [1.82, 2.24) is 10.1 Å². The summed E-state index contributed by atoms with van der Waals surface area (Å²) in [5, 5.41) is 4.01. The zero-order chi connectivity index (χ0) is 14.7. The van der Waals surface area contributed by atoms with Gasteiger partial charge in [0.1, 0.15) is 5.75 Å². The summed E-state index contributed by atoms with van der Waals surface area (Å²) in [5.74, 6) is 1.82. The second-order valence-electron chi connectivity index (χ2n) is 4.54. The molecule has 1 unspecified atom stereocenters. The van der Waals surface area contributed by atoms with Gasteiger partial charge in [-0.05, 0) is 53.8 Å². The highest BCUT2D eigenvalue weighted by Gasteiger charge is 2.16. The molecule has 0 aliphatic rings. The lowest BCUT2D eigenvalue weighted by Crippen LogP contribution is -2.03. The maximum atomic E-state index is 5.77. The van der Waals surface area contributed by atoms with E-state index in [1.165, 1.54) is 3.57 Å². The molecule has 1 heterocycles. The molecule has 1 aromatic heterocycles. The second-order valence-corrected chi connectivity index (χ2v) is 5.78. The molecule has 0 radical (unpaired) electrons. The lowest BCUT2D eigenvalue weighted by Gasteiger charge is -2.09. The normalized spacial score (nSPS) is 12.1. The Morgan fingerprint density at radius 2 is 1.76 bits per heavy atom. The van der Waals surface area contributed by atoms with Crippen molar-refractivity contribution in [2.75, 3.05) is 0 Å². The number of ether oxygens (including phenoxy) is 1. The maximum Gasteiger partial charge on any atom is 0.267 e. The lowest BCUT2D eigenvalue weighted by molar-refractivity contribution is 0.176. The van der Waals surface area contributed by atoms with E-state index < -0.39 is 0 Å². The van der Waals surface area contributed by atoms with Crippen LogP contribution in [-0.4, -0.2) is 10.1 Å². The Kier molecular flexibility index (Phi) is 4.19. The van der Waals surface area contributed by atoms with Gasteiger partial charge in [0, 0.05) is 9.13 Å². The van der Waals surface area contributed by atoms with Crippen LogP contribution in [0.25, 0.3) is 11.4 Å². The minimum absolute atomic E-state index is 0.294. The van der Waals surface area contributed by atoms with Gasteiger partial charge in [0.15, 0.2) is 6.10 Å². The zero-order valence-corrected chi connectivity index (χ0v) is 13.5. The average molecular weight is 392 g/mol. The Bertz CT molecular complexity index is 711. The highest BCUT2D eigenvalue weighted by molar-refractivity contribution is 14.1. The molecule has 4 nitrogen and oxygen atoms in total. The van der Waals surface area contributed by atoms with E-state index in [0.717, 1.165) is 11.3 Å². The Morgan fingerprint density at radius 3 is 2.48 bits per heavy atom. The number of para-hydroxylation sites is 1. The number of benzene rings is 2. The van der Waals surface area contributed by atoms with Crippen molar-refractivity contribution in [3.63, 3.8) is 0 Å². The van der Waals surface area contributed by atoms with Crippen LogP contribution in [0.2, 0.25) is 0 Å². The monoisotopic (exact) mass is 392 g/mol. The summed E-state index contributed by atoms with van der Waals surface area (Å²) in [6.45, 7) is 1.89. The third-order valence-corrected chi connectivity index (χ3v) is 3.67. The van der Waals surface area contributed by atoms with Crippen LogP contribution in [-0.2, 0) is 0 Å². The molecule has 0 N–H and O–H groups in total. The van der Waals surface area contributed by atoms with Crippen molar-refractivity contribution < 1.29 is 9.26 Å². The molecule has 3 rings (SSSR count). The fourth-order valence-electron chi connectivity index (χ4n) is 1.87. The molecule has 0 bridgehead atoms. The molecule has 0 fully saturated rings.